The van der Waals surface area contributed by atoms with E-state index in [9.17, 15) is 8.78 Å². The van der Waals surface area contributed by atoms with Gasteiger partial charge in [-0.1, -0.05) is 0 Å². The van der Waals surface area contributed by atoms with Crippen LogP contribution in [0.15, 0.2) is 22.9 Å². The van der Waals surface area contributed by atoms with Gasteiger partial charge in [-0.05, 0) is 42.3 Å². The third-order valence-electron chi connectivity index (χ3n) is 3.33. The zero-order valence-corrected chi connectivity index (χ0v) is 10.5. The van der Waals surface area contributed by atoms with E-state index in [1.165, 1.54) is 11.3 Å². The van der Waals surface area contributed by atoms with Gasteiger partial charge in [0.1, 0.15) is 0 Å². The molecule has 1 aliphatic rings. The number of hydrogen-bond donors (Lipinski definition) is 0. The van der Waals surface area contributed by atoms with Crippen molar-refractivity contribution in [1.82, 2.24) is 0 Å². The summed E-state index contributed by atoms with van der Waals surface area (Å²) in [5.41, 5.74) is -0.147. The van der Waals surface area contributed by atoms with E-state index in [-0.39, 0.29) is 5.56 Å². The Morgan fingerprint density at radius 1 is 0.938 bits per heavy atom. The van der Waals surface area contributed by atoms with Crippen molar-refractivity contribution in [3.05, 3.63) is 34.0 Å². The van der Waals surface area contributed by atoms with E-state index in [4.69, 9.17) is 0 Å². The molecule has 84 valence electrons. The summed E-state index contributed by atoms with van der Waals surface area (Å²) in [5, 5.41) is 3.65. The fourth-order valence-electron chi connectivity index (χ4n) is 2.22. The number of fused-ring (bicyclic) bond motifs is 3. The molecule has 0 unspecified atom stereocenters. The molecule has 0 fully saturated rings. The minimum absolute atomic E-state index is 0.192. The van der Waals surface area contributed by atoms with E-state index >= 15 is 0 Å². The Hall–Kier alpha value is -0.740. The molecular formula is C12H10F2S2. The highest BCUT2D eigenvalue weighted by molar-refractivity contribution is 7.20. The van der Waals surface area contributed by atoms with Gasteiger partial charge in [-0.25, -0.2) is 8.78 Å². The van der Waals surface area contributed by atoms with Crippen LogP contribution in [0.3, 0.4) is 0 Å². The fraction of sp³-hybridized carbons (Fsp3) is 0.333. The van der Waals surface area contributed by atoms with Crippen LogP contribution in [0, 0.1) is 0 Å². The molecule has 4 heteroatoms. The van der Waals surface area contributed by atoms with Gasteiger partial charge in [-0.2, -0.15) is 0 Å². The molecule has 0 atom stereocenters. The Balaban J connectivity index is 2.41. The van der Waals surface area contributed by atoms with Gasteiger partial charge in [-0.3, -0.25) is 0 Å². The Kier molecular flexibility index (Phi) is 1.91. The molecule has 16 heavy (non-hydrogen) atoms. The summed E-state index contributed by atoms with van der Waals surface area (Å²) >= 11 is 2.96. The third-order valence-corrected chi connectivity index (χ3v) is 5.33. The smallest absolute Gasteiger partial charge is 0.200 e. The SMILES string of the molecule is CC1(C)c2ccsc2-c2sccc2C1(F)F. The topological polar surface area (TPSA) is 0 Å². The van der Waals surface area contributed by atoms with Gasteiger partial charge in [0.25, 0.3) is 5.92 Å². The summed E-state index contributed by atoms with van der Waals surface area (Å²) in [4.78, 5) is 1.76. The van der Waals surface area contributed by atoms with Crippen molar-refractivity contribution in [2.24, 2.45) is 0 Å². The van der Waals surface area contributed by atoms with Crippen molar-refractivity contribution in [3.63, 3.8) is 0 Å². The molecule has 0 N–H and O–H groups in total. The van der Waals surface area contributed by atoms with Crippen molar-refractivity contribution < 1.29 is 8.78 Å². The molecule has 0 radical (unpaired) electrons. The van der Waals surface area contributed by atoms with Gasteiger partial charge in [0.15, 0.2) is 0 Å². The maximum Gasteiger partial charge on any atom is 0.283 e. The van der Waals surface area contributed by atoms with Crippen LogP contribution in [0.5, 0.6) is 0 Å². The molecule has 1 aliphatic carbocycles. The molecule has 2 heterocycles. The standard InChI is InChI=1S/C12H10F2S2/c1-11(2)7-3-5-15-9(7)10-8(4-6-16-10)12(11,13)14/h3-6H,1-2H3. The second-order valence-corrected chi connectivity index (χ2v) is 6.36. The van der Waals surface area contributed by atoms with Gasteiger partial charge in [0.05, 0.1) is 10.3 Å². The van der Waals surface area contributed by atoms with E-state index in [1.54, 1.807) is 36.6 Å². The first-order valence-corrected chi connectivity index (χ1v) is 6.76. The highest BCUT2D eigenvalue weighted by atomic mass is 32.1. The quantitative estimate of drug-likeness (QED) is 0.631. The lowest BCUT2D eigenvalue weighted by molar-refractivity contribution is -0.0732. The van der Waals surface area contributed by atoms with Crippen LogP contribution >= 0.6 is 22.7 Å². The molecule has 0 saturated carbocycles. The molecule has 2 aromatic rings. The molecule has 0 bridgehead atoms. The predicted octanol–water partition coefficient (Wildman–Crippen LogP) is 4.86. The average molecular weight is 256 g/mol. The molecule has 0 nitrogen and oxygen atoms in total. The lowest BCUT2D eigenvalue weighted by atomic mass is 9.72. The summed E-state index contributed by atoms with van der Waals surface area (Å²) in [7, 11) is 0. The zero-order valence-electron chi connectivity index (χ0n) is 8.88. The van der Waals surface area contributed by atoms with Crippen LogP contribution in [0.1, 0.15) is 25.0 Å². The lowest BCUT2D eigenvalue weighted by Gasteiger charge is -2.38. The Bertz CT molecular complexity index is 499. The highest BCUT2D eigenvalue weighted by Crippen LogP contribution is 2.58. The van der Waals surface area contributed by atoms with E-state index in [1.807, 2.05) is 11.4 Å². The molecule has 0 saturated heterocycles. The Labute approximate surface area is 101 Å². The van der Waals surface area contributed by atoms with Crippen molar-refractivity contribution in [3.8, 4) is 9.75 Å². The Morgan fingerprint density at radius 3 is 2.06 bits per heavy atom. The number of alkyl halides is 2. The predicted molar refractivity (Wildman–Crippen MR) is 64.6 cm³/mol. The van der Waals surface area contributed by atoms with E-state index in [2.05, 4.69) is 0 Å². The first-order valence-electron chi connectivity index (χ1n) is 5.00. The maximum atomic E-state index is 14.4. The van der Waals surface area contributed by atoms with E-state index < -0.39 is 11.3 Å². The van der Waals surface area contributed by atoms with Gasteiger partial charge < -0.3 is 0 Å². The van der Waals surface area contributed by atoms with Crippen LogP contribution in [0.25, 0.3) is 9.75 Å². The first-order chi connectivity index (χ1) is 7.46. The first kappa shape index (κ1) is 10.4. The van der Waals surface area contributed by atoms with Crippen LogP contribution in [-0.4, -0.2) is 0 Å². The number of rotatable bonds is 0. The molecule has 2 aromatic heterocycles. The normalized spacial score (nSPS) is 20.2. The maximum absolute atomic E-state index is 14.4. The minimum Gasteiger partial charge on any atom is -0.200 e. The second kappa shape index (κ2) is 2.93. The largest absolute Gasteiger partial charge is 0.283 e. The van der Waals surface area contributed by atoms with Crippen LogP contribution in [-0.2, 0) is 11.3 Å². The molecule has 0 amide bonds. The van der Waals surface area contributed by atoms with Crippen molar-refractivity contribution in [2.45, 2.75) is 25.2 Å². The van der Waals surface area contributed by atoms with E-state index in [0.717, 1.165) is 15.3 Å². The Morgan fingerprint density at radius 2 is 1.44 bits per heavy atom. The van der Waals surface area contributed by atoms with Gasteiger partial charge in [-0.15, -0.1) is 22.7 Å². The molecule has 0 aliphatic heterocycles. The highest BCUT2D eigenvalue weighted by Gasteiger charge is 2.55. The third kappa shape index (κ3) is 1.02. The van der Waals surface area contributed by atoms with Crippen molar-refractivity contribution >= 4 is 22.7 Å². The van der Waals surface area contributed by atoms with Crippen LogP contribution in [0.2, 0.25) is 0 Å². The van der Waals surface area contributed by atoms with Crippen LogP contribution < -0.4 is 0 Å². The second-order valence-electron chi connectivity index (χ2n) is 4.53. The minimum atomic E-state index is -2.78. The van der Waals surface area contributed by atoms with Crippen LogP contribution in [0.4, 0.5) is 8.78 Å². The zero-order chi connectivity index (χ0) is 11.6. The van der Waals surface area contributed by atoms with Crippen molar-refractivity contribution in [1.29, 1.82) is 0 Å². The molecule has 0 spiro atoms. The summed E-state index contributed by atoms with van der Waals surface area (Å²) in [6.07, 6.45) is 0. The van der Waals surface area contributed by atoms with E-state index in [0.29, 0.717) is 0 Å². The van der Waals surface area contributed by atoms with Gasteiger partial charge >= 0.3 is 0 Å². The van der Waals surface area contributed by atoms with Gasteiger partial charge in [0.2, 0.25) is 0 Å². The summed E-state index contributed by atoms with van der Waals surface area (Å²) in [6, 6.07) is 3.39. The summed E-state index contributed by atoms with van der Waals surface area (Å²) < 4.78 is 28.8. The number of hydrogen-bond acceptors (Lipinski definition) is 2. The summed E-state index contributed by atoms with van der Waals surface area (Å²) in [5.74, 6) is -2.78. The monoisotopic (exact) mass is 256 g/mol. The van der Waals surface area contributed by atoms with Crippen molar-refractivity contribution in [2.75, 3.05) is 0 Å². The molecular weight excluding hydrogens is 246 g/mol. The molecule has 0 aromatic carbocycles. The number of halogens is 2. The average Bonchev–Trinajstić information content (AvgIpc) is 2.84. The number of thiophene rings is 2. The fourth-order valence-corrected chi connectivity index (χ4v) is 4.39. The summed E-state index contributed by atoms with van der Waals surface area (Å²) in [6.45, 7) is 3.25. The van der Waals surface area contributed by atoms with Gasteiger partial charge in [0, 0.05) is 10.4 Å². The molecule has 3 rings (SSSR count). The lowest BCUT2D eigenvalue weighted by Crippen LogP contribution is -2.40.